The predicted molar refractivity (Wildman–Crippen MR) is 152 cm³/mol. The quantitative estimate of drug-likeness (QED) is 0.348. The maximum atomic E-state index is 13.9. The van der Waals surface area contributed by atoms with Crippen LogP contribution in [0.5, 0.6) is 0 Å². The molecule has 0 radical (unpaired) electrons. The van der Waals surface area contributed by atoms with Crippen LogP contribution in [0.4, 0.5) is 5.69 Å². The lowest BCUT2D eigenvalue weighted by Gasteiger charge is -2.32. The first kappa shape index (κ1) is 29.5. The second-order valence-corrected chi connectivity index (χ2v) is 12.0. The monoisotopic (exact) mass is 575 g/mol. The van der Waals surface area contributed by atoms with E-state index in [4.69, 9.17) is 23.2 Å². The smallest absolute Gasteiger partial charge is 0.264 e. The van der Waals surface area contributed by atoms with Crippen LogP contribution in [-0.4, -0.2) is 43.8 Å². The number of anilines is 1. The van der Waals surface area contributed by atoms with Crippen molar-refractivity contribution in [3.63, 3.8) is 0 Å². The molecule has 0 aliphatic heterocycles. The van der Waals surface area contributed by atoms with E-state index >= 15 is 0 Å². The van der Waals surface area contributed by atoms with Gasteiger partial charge in [0, 0.05) is 22.6 Å². The van der Waals surface area contributed by atoms with E-state index in [2.05, 4.69) is 5.32 Å². The molecule has 0 fully saturated rings. The van der Waals surface area contributed by atoms with Crippen LogP contribution in [0, 0.1) is 6.92 Å². The fraction of sp³-hybridized carbons (Fsp3) is 0.286. The molecule has 202 valence electrons. The topological polar surface area (TPSA) is 86.8 Å². The van der Waals surface area contributed by atoms with Gasteiger partial charge in [-0.15, -0.1) is 0 Å². The van der Waals surface area contributed by atoms with Crippen molar-refractivity contribution in [1.29, 1.82) is 0 Å². The van der Waals surface area contributed by atoms with Gasteiger partial charge in [-0.25, -0.2) is 8.42 Å². The van der Waals surface area contributed by atoms with Gasteiger partial charge < -0.3 is 10.2 Å². The van der Waals surface area contributed by atoms with Gasteiger partial charge in [-0.1, -0.05) is 53.5 Å². The van der Waals surface area contributed by atoms with Crippen LogP contribution in [0.1, 0.15) is 31.9 Å². The number of carbonyl (C=O) groups excluding carboxylic acids is 2. The number of sulfonamides is 1. The zero-order valence-corrected chi connectivity index (χ0v) is 24.0. The summed E-state index contributed by atoms with van der Waals surface area (Å²) in [7, 11) is -4.16. The molecule has 3 rings (SSSR count). The van der Waals surface area contributed by atoms with Gasteiger partial charge >= 0.3 is 0 Å². The average Bonchev–Trinajstić information content (AvgIpc) is 2.86. The van der Waals surface area contributed by atoms with Crippen molar-refractivity contribution in [3.05, 3.63) is 94.0 Å². The van der Waals surface area contributed by atoms with E-state index in [9.17, 15) is 18.0 Å². The molecule has 1 N–H and O–H groups in total. The van der Waals surface area contributed by atoms with Gasteiger partial charge in [0.2, 0.25) is 11.8 Å². The summed E-state index contributed by atoms with van der Waals surface area (Å²) in [5, 5.41) is 3.76. The molecule has 1 atom stereocenters. The number of para-hydroxylation sites is 1. The summed E-state index contributed by atoms with van der Waals surface area (Å²) in [5.74, 6) is -0.877. The number of hydrogen-bond acceptors (Lipinski definition) is 4. The maximum absolute atomic E-state index is 13.9. The van der Waals surface area contributed by atoms with Gasteiger partial charge in [0.25, 0.3) is 10.0 Å². The summed E-state index contributed by atoms with van der Waals surface area (Å²) in [6.07, 6.45) is 0. The Balaban J connectivity index is 2.04. The molecule has 10 heteroatoms. The van der Waals surface area contributed by atoms with Gasteiger partial charge in [0.05, 0.1) is 10.6 Å². The van der Waals surface area contributed by atoms with E-state index < -0.39 is 28.5 Å². The van der Waals surface area contributed by atoms with Crippen LogP contribution >= 0.6 is 23.2 Å². The minimum absolute atomic E-state index is 0.00666. The van der Waals surface area contributed by atoms with Crippen LogP contribution in [0.25, 0.3) is 0 Å². The molecule has 2 amide bonds. The molecule has 38 heavy (non-hydrogen) atoms. The molecule has 0 unspecified atom stereocenters. The molecule has 0 spiro atoms. The summed E-state index contributed by atoms with van der Waals surface area (Å²) in [6, 6.07) is 18.6. The summed E-state index contributed by atoms with van der Waals surface area (Å²) in [5.41, 5.74) is 1.78. The molecule has 0 aromatic heterocycles. The number of benzene rings is 3. The Hall–Kier alpha value is -3.07. The summed E-state index contributed by atoms with van der Waals surface area (Å²) >= 11 is 12.0. The molecule has 0 saturated heterocycles. The second kappa shape index (κ2) is 12.7. The van der Waals surface area contributed by atoms with Crippen LogP contribution in [0.3, 0.4) is 0 Å². The fourth-order valence-corrected chi connectivity index (χ4v) is 5.60. The molecule has 3 aromatic rings. The van der Waals surface area contributed by atoms with Crippen LogP contribution < -0.4 is 9.62 Å². The van der Waals surface area contributed by atoms with Gasteiger partial charge in [-0.2, -0.15) is 0 Å². The predicted octanol–water partition coefficient (Wildman–Crippen LogP) is 5.44. The van der Waals surface area contributed by atoms with Crippen LogP contribution in [-0.2, 0) is 26.2 Å². The lowest BCUT2D eigenvalue weighted by Crippen LogP contribution is -2.52. The molecule has 0 aliphatic carbocycles. The van der Waals surface area contributed by atoms with Gasteiger partial charge in [0.15, 0.2) is 0 Å². The number of aryl methyl sites for hydroxylation is 1. The molecule has 0 heterocycles. The number of nitrogens with one attached hydrogen (secondary N) is 1. The highest BCUT2D eigenvalue weighted by molar-refractivity contribution is 7.92. The molecular weight excluding hydrogens is 545 g/mol. The Morgan fingerprint density at radius 1 is 0.868 bits per heavy atom. The largest absolute Gasteiger partial charge is 0.352 e. The molecule has 7 nitrogen and oxygen atoms in total. The van der Waals surface area contributed by atoms with Crippen molar-refractivity contribution >= 4 is 50.7 Å². The van der Waals surface area contributed by atoms with Gasteiger partial charge in [-0.05, 0) is 81.3 Å². The lowest BCUT2D eigenvalue weighted by atomic mass is 10.1. The van der Waals surface area contributed by atoms with Crippen LogP contribution in [0.2, 0.25) is 10.0 Å². The number of hydrogen-bond donors (Lipinski definition) is 1. The third-order valence-electron chi connectivity index (χ3n) is 5.93. The highest BCUT2D eigenvalue weighted by Crippen LogP contribution is 2.28. The highest BCUT2D eigenvalue weighted by Gasteiger charge is 2.33. The van der Waals surface area contributed by atoms with Crippen molar-refractivity contribution in [1.82, 2.24) is 10.2 Å². The third kappa shape index (κ3) is 7.28. The second-order valence-electron chi connectivity index (χ2n) is 9.24. The Morgan fingerprint density at radius 3 is 1.97 bits per heavy atom. The lowest BCUT2D eigenvalue weighted by molar-refractivity contribution is -0.139. The number of amides is 2. The van der Waals surface area contributed by atoms with Crippen molar-refractivity contribution in [2.24, 2.45) is 0 Å². The molecule has 3 aromatic carbocycles. The zero-order chi connectivity index (χ0) is 28.0. The number of carbonyl (C=O) groups is 2. The normalized spacial score (nSPS) is 12.2. The number of rotatable bonds is 10. The molecule has 0 aliphatic rings. The van der Waals surface area contributed by atoms with E-state index in [0.717, 1.165) is 9.87 Å². The Morgan fingerprint density at radius 2 is 1.42 bits per heavy atom. The maximum Gasteiger partial charge on any atom is 0.264 e. The number of halogens is 2. The van der Waals surface area contributed by atoms with E-state index in [0.29, 0.717) is 21.3 Å². The highest BCUT2D eigenvalue weighted by atomic mass is 35.5. The first-order chi connectivity index (χ1) is 17.9. The zero-order valence-electron chi connectivity index (χ0n) is 21.7. The molecular formula is C28H31Cl2N3O4S. The summed E-state index contributed by atoms with van der Waals surface area (Å²) in [6.45, 7) is 6.63. The Kier molecular flexibility index (Phi) is 9.82. The fourth-order valence-electron chi connectivity index (χ4n) is 3.86. The minimum Gasteiger partial charge on any atom is -0.352 e. The van der Waals surface area contributed by atoms with E-state index in [1.807, 2.05) is 13.8 Å². The van der Waals surface area contributed by atoms with Crippen molar-refractivity contribution in [3.8, 4) is 0 Å². The van der Waals surface area contributed by atoms with Crippen LogP contribution in [0.15, 0.2) is 77.7 Å². The first-order valence-corrected chi connectivity index (χ1v) is 14.3. The van der Waals surface area contributed by atoms with Gasteiger partial charge in [-0.3, -0.25) is 13.9 Å². The van der Waals surface area contributed by atoms with Crippen molar-refractivity contribution in [2.75, 3.05) is 10.8 Å². The van der Waals surface area contributed by atoms with E-state index in [1.165, 1.54) is 29.2 Å². The van der Waals surface area contributed by atoms with Crippen molar-refractivity contribution < 1.29 is 18.0 Å². The summed E-state index contributed by atoms with van der Waals surface area (Å²) in [4.78, 5) is 28.2. The Bertz CT molecular complexity index is 1380. The first-order valence-electron chi connectivity index (χ1n) is 12.1. The molecule has 0 saturated carbocycles. The Labute approximate surface area is 234 Å². The van der Waals surface area contributed by atoms with E-state index in [1.54, 1.807) is 62.4 Å². The minimum atomic E-state index is -4.16. The number of nitrogens with zero attached hydrogens (tertiary/aromatic N) is 2. The SMILES string of the molecule is Cc1ccccc1N(CC(=O)N(Cc1ccc(Cl)cc1)[C@H](C)C(=O)NC(C)C)S(=O)(=O)c1ccc(Cl)cc1. The molecule has 0 bridgehead atoms. The summed E-state index contributed by atoms with van der Waals surface area (Å²) < 4.78 is 28.7. The standard InChI is InChI=1S/C28H31Cl2N3O4S/c1-19(2)31-28(35)21(4)32(17-22-9-11-23(29)12-10-22)27(34)18-33(26-8-6-5-7-20(26)3)38(36,37)25-15-13-24(30)14-16-25/h5-16,19,21H,17-18H2,1-4H3,(H,31,35)/t21-/m1/s1. The van der Waals surface area contributed by atoms with Crippen molar-refractivity contribution in [2.45, 2.75) is 51.2 Å². The third-order valence-corrected chi connectivity index (χ3v) is 8.21. The average molecular weight is 577 g/mol. The van der Waals surface area contributed by atoms with Gasteiger partial charge in [0.1, 0.15) is 12.6 Å². The van der Waals surface area contributed by atoms with E-state index in [-0.39, 0.29) is 23.4 Å².